The van der Waals surface area contributed by atoms with Crippen molar-refractivity contribution in [2.45, 2.75) is 13.0 Å². The van der Waals surface area contributed by atoms with E-state index < -0.39 is 6.10 Å². The van der Waals surface area contributed by atoms with Crippen LogP contribution >= 0.6 is 15.9 Å². The van der Waals surface area contributed by atoms with Crippen LogP contribution in [0.15, 0.2) is 22.7 Å². The molecule has 2 atom stereocenters. The number of methoxy groups -OCH3 is 1. The van der Waals surface area contributed by atoms with Crippen molar-refractivity contribution in [3.05, 3.63) is 28.2 Å². The lowest BCUT2D eigenvalue weighted by atomic mass is 9.98. The van der Waals surface area contributed by atoms with Crippen LogP contribution in [0.3, 0.4) is 0 Å². The molecular weight excluding hydrogens is 258 g/mol. The summed E-state index contributed by atoms with van der Waals surface area (Å²) in [5, 5.41) is 9.94. The second-order valence-corrected chi connectivity index (χ2v) is 4.41. The number of rotatable bonds is 4. The maximum atomic E-state index is 9.94. The van der Waals surface area contributed by atoms with Gasteiger partial charge in [0.05, 0.1) is 17.7 Å². The molecule has 3 nitrogen and oxygen atoms in total. The number of hydrogen-bond acceptors (Lipinski definition) is 3. The highest BCUT2D eigenvalue weighted by molar-refractivity contribution is 9.10. The van der Waals surface area contributed by atoms with Crippen LogP contribution in [0.5, 0.6) is 5.75 Å². The average Bonchev–Trinajstić information content (AvgIpc) is 2.26. The number of halogens is 1. The molecule has 1 aromatic rings. The molecule has 0 fully saturated rings. The molecule has 0 saturated carbocycles. The largest absolute Gasteiger partial charge is 0.496 e. The van der Waals surface area contributed by atoms with Gasteiger partial charge in [0, 0.05) is 0 Å². The first-order valence-electron chi connectivity index (χ1n) is 4.81. The van der Waals surface area contributed by atoms with Crippen LogP contribution in [0.2, 0.25) is 0 Å². The minimum atomic E-state index is -0.530. The van der Waals surface area contributed by atoms with Gasteiger partial charge in [-0.15, -0.1) is 0 Å². The number of nitrogens with two attached hydrogens (primary N) is 1. The first-order valence-corrected chi connectivity index (χ1v) is 5.61. The lowest BCUT2D eigenvalue weighted by Gasteiger charge is -2.18. The van der Waals surface area contributed by atoms with E-state index in [9.17, 15) is 5.11 Å². The first-order chi connectivity index (χ1) is 7.10. The maximum absolute atomic E-state index is 9.94. The second kappa shape index (κ2) is 5.49. The molecule has 0 spiro atoms. The summed E-state index contributed by atoms with van der Waals surface area (Å²) < 4.78 is 5.95. The van der Waals surface area contributed by atoms with E-state index >= 15 is 0 Å². The monoisotopic (exact) mass is 273 g/mol. The fourth-order valence-corrected chi connectivity index (χ4v) is 1.88. The van der Waals surface area contributed by atoms with E-state index in [1.807, 2.05) is 25.1 Å². The van der Waals surface area contributed by atoms with Crippen LogP contribution in [-0.2, 0) is 0 Å². The van der Waals surface area contributed by atoms with E-state index in [1.54, 1.807) is 7.11 Å². The predicted octanol–water partition coefficient (Wildman–Crippen LogP) is 2.09. The highest BCUT2D eigenvalue weighted by Crippen LogP contribution is 2.30. The molecule has 0 aromatic heterocycles. The van der Waals surface area contributed by atoms with Gasteiger partial charge in [0.25, 0.3) is 0 Å². The van der Waals surface area contributed by atoms with Gasteiger partial charge < -0.3 is 15.6 Å². The number of hydrogen-bond donors (Lipinski definition) is 2. The summed E-state index contributed by atoms with van der Waals surface area (Å²) >= 11 is 3.38. The van der Waals surface area contributed by atoms with Crippen molar-refractivity contribution < 1.29 is 9.84 Å². The van der Waals surface area contributed by atoms with E-state index in [4.69, 9.17) is 10.5 Å². The third-order valence-electron chi connectivity index (χ3n) is 2.43. The van der Waals surface area contributed by atoms with E-state index in [1.165, 1.54) is 0 Å². The van der Waals surface area contributed by atoms with Gasteiger partial charge in [0.2, 0.25) is 0 Å². The van der Waals surface area contributed by atoms with Gasteiger partial charge in [-0.1, -0.05) is 13.0 Å². The predicted molar refractivity (Wildman–Crippen MR) is 63.9 cm³/mol. The van der Waals surface area contributed by atoms with Gasteiger partial charge >= 0.3 is 0 Å². The standard InChI is InChI=1S/C11H16BrNO2/c1-7(6-13)11(14)8-3-4-10(15-2)9(12)5-8/h3-5,7,11,14H,6,13H2,1-2H3. The minimum absolute atomic E-state index is 0.0466. The molecule has 0 bridgehead atoms. The molecule has 0 aliphatic heterocycles. The van der Waals surface area contributed by atoms with E-state index in [0.29, 0.717) is 6.54 Å². The normalized spacial score (nSPS) is 14.7. The zero-order valence-electron chi connectivity index (χ0n) is 8.90. The van der Waals surface area contributed by atoms with Crippen LogP contribution < -0.4 is 10.5 Å². The minimum Gasteiger partial charge on any atom is -0.496 e. The van der Waals surface area contributed by atoms with Crippen molar-refractivity contribution in [3.63, 3.8) is 0 Å². The fourth-order valence-electron chi connectivity index (χ4n) is 1.32. The van der Waals surface area contributed by atoms with Crippen molar-refractivity contribution in [3.8, 4) is 5.75 Å². The number of aliphatic hydroxyl groups excluding tert-OH is 1. The van der Waals surface area contributed by atoms with Gasteiger partial charge in [0.1, 0.15) is 5.75 Å². The molecule has 15 heavy (non-hydrogen) atoms. The molecule has 0 radical (unpaired) electrons. The Hall–Kier alpha value is -0.580. The van der Waals surface area contributed by atoms with Gasteiger partial charge in [-0.25, -0.2) is 0 Å². The lowest BCUT2D eigenvalue weighted by Crippen LogP contribution is -2.18. The van der Waals surface area contributed by atoms with Gasteiger partial charge in [-0.05, 0) is 46.1 Å². The number of ether oxygens (including phenoxy) is 1. The fraction of sp³-hybridized carbons (Fsp3) is 0.455. The summed E-state index contributed by atoms with van der Waals surface area (Å²) in [6, 6.07) is 5.53. The zero-order chi connectivity index (χ0) is 11.4. The molecule has 0 heterocycles. The Balaban J connectivity index is 2.92. The molecule has 1 aromatic carbocycles. The summed E-state index contributed by atoms with van der Waals surface area (Å²) in [6.07, 6.45) is -0.530. The molecular formula is C11H16BrNO2. The second-order valence-electron chi connectivity index (χ2n) is 3.55. The lowest BCUT2D eigenvalue weighted by molar-refractivity contribution is 0.121. The van der Waals surface area contributed by atoms with Crippen LogP contribution in [0.25, 0.3) is 0 Å². The molecule has 0 aliphatic rings. The highest BCUT2D eigenvalue weighted by atomic mass is 79.9. The maximum Gasteiger partial charge on any atom is 0.133 e. The Labute approximate surface area is 98.4 Å². The Kier molecular flexibility index (Phi) is 4.57. The van der Waals surface area contributed by atoms with E-state index in [2.05, 4.69) is 15.9 Å². The molecule has 3 N–H and O–H groups in total. The van der Waals surface area contributed by atoms with Crippen molar-refractivity contribution in [2.24, 2.45) is 11.7 Å². The molecule has 2 unspecified atom stereocenters. The summed E-state index contributed by atoms with van der Waals surface area (Å²) in [5.74, 6) is 0.802. The van der Waals surface area contributed by atoms with Crippen molar-refractivity contribution in [1.82, 2.24) is 0 Å². The van der Waals surface area contributed by atoms with Gasteiger partial charge in [-0.2, -0.15) is 0 Å². The van der Waals surface area contributed by atoms with Crippen molar-refractivity contribution in [1.29, 1.82) is 0 Å². The van der Waals surface area contributed by atoms with Crippen molar-refractivity contribution in [2.75, 3.05) is 13.7 Å². The Morgan fingerprint density at radius 2 is 2.20 bits per heavy atom. The Bertz CT molecular complexity index is 330. The Morgan fingerprint density at radius 1 is 1.53 bits per heavy atom. The highest BCUT2D eigenvalue weighted by Gasteiger charge is 2.15. The topological polar surface area (TPSA) is 55.5 Å². The van der Waals surface area contributed by atoms with Gasteiger partial charge in [-0.3, -0.25) is 0 Å². The molecule has 1 rings (SSSR count). The van der Waals surface area contributed by atoms with Crippen LogP contribution in [0, 0.1) is 5.92 Å². The molecule has 0 saturated heterocycles. The molecule has 0 amide bonds. The molecule has 84 valence electrons. The van der Waals surface area contributed by atoms with Crippen LogP contribution in [0.4, 0.5) is 0 Å². The molecule has 0 aliphatic carbocycles. The molecule has 4 heteroatoms. The summed E-state index contributed by atoms with van der Waals surface area (Å²) in [5.41, 5.74) is 6.36. The smallest absolute Gasteiger partial charge is 0.133 e. The quantitative estimate of drug-likeness (QED) is 0.883. The summed E-state index contributed by atoms with van der Waals surface area (Å²) in [6.45, 7) is 2.38. The first kappa shape index (κ1) is 12.5. The van der Waals surface area contributed by atoms with E-state index in [-0.39, 0.29) is 5.92 Å². The SMILES string of the molecule is COc1ccc(C(O)C(C)CN)cc1Br. The summed E-state index contributed by atoms with van der Waals surface area (Å²) in [4.78, 5) is 0. The third kappa shape index (κ3) is 2.93. The van der Waals surface area contributed by atoms with Gasteiger partial charge in [0.15, 0.2) is 0 Å². The number of benzene rings is 1. The van der Waals surface area contributed by atoms with Crippen LogP contribution in [-0.4, -0.2) is 18.8 Å². The number of aliphatic hydroxyl groups is 1. The van der Waals surface area contributed by atoms with E-state index in [0.717, 1.165) is 15.8 Å². The van der Waals surface area contributed by atoms with Crippen LogP contribution in [0.1, 0.15) is 18.6 Å². The van der Waals surface area contributed by atoms with Crippen molar-refractivity contribution >= 4 is 15.9 Å². The third-order valence-corrected chi connectivity index (χ3v) is 3.05. The average molecular weight is 274 g/mol. The Morgan fingerprint density at radius 3 is 2.67 bits per heavy atom. The zero-order valence-corrected chi connectivity index (χ0v) is 10.5. The summed E-state index contributed by atoms with van der Waals surface area (Å²) in [7, 11) is 1.61.